The largest absolute Gasteiger partial charge is 0.490 e. The molecule has 5 rings (SSSR count). The van der Waals surface area contributed by atoms with Crippen molar-refractivity contribution in [3.63, 3.8) is 0 Å². The maximum Gasteiger partial charge on any atom is 0.414 e. The van der Waals surface area contributed by atoms with E-state index in [1.165, 1.54) is 11.3 Å². The van der Waals surface area contributed by atoms with Crippen LogP contribution < -0.4 is 9.64 Å². The van der Waals surface area contributed by atoms with Gasteiger partial charge in [0.15, 0.2) is 0 Å². The van der Waals surface area contributed by atoms with Gasteiger partial charge in [-0.3, -0.25) is 4.90 Å². The average Bonchev–Trinajstić information content (AvgIpc) is 3.20. The molecule has 1 saturated heterocycles. The number of nitriles is 1. The SMILES string of the molecule is CC(OC(=O)N(C)c1ccc(-c2c(C#N)c3ccc(OC4CCOCC4)cc3n2C2CCC2)cc1)C(C)(C)C. The maximum atomic E-state index is 12.8. The molecule has 206 valence electrons. The topological polar surface area (TPSA) is 76.7 Å². The summed E-state index contributed by atoms with van der Waals surface area (Å²) in [5.74, 6) is 0.837. The second-order valence-electron chi connectivity index (χ2n) is 11.9. The molecule has 3 aromatic rings. The molecule has 1 aliphatic carbocycles. The van der Waals surface area contributed by atoms with Gasteiger partial charge in [-0.05, 0) is 61.4 Å². The zero-order chi connectivity index (χ0) is 27.7. The van der Waals surface area contributed by atoms with E-state index in [9.17, 15) is 10.1 Å². The maximum absolute atomic E-state index is 12.8. The first-order valence-corrected chi connectivity index (χ1v) is 14.0. The van der Waals surface area contributed by atoms with E-state index in [4.69, 9.17) is 14.2 Å². The lowest BCUT2D eigenvalue weighted by Crippen LogP contribution is -2.35. The van der Waals surface area contributed by atoms with Gasteiger partial charge in [-0.25, -0.2) is 4.79 Å². The summed E-state index contributed by atoms with van der Waals surface area (Å²) in [6, 6.07) is 16.8. The third kappa shape index (κ3) is 5.49. The average molecular weight is 530 g/mol. The monoisotopic (exact) mass is 529 g/mol. The number of aromatic nitrogens is 1. The first-order chi connectivity index (χ1) is 18.7. The van der Waals surface area contributed by atoms with Crippen LogP contribution >= 0.6 is 0 Å². The first kappa shape index (κ1) is 27.1. The molecule has 39 heavy (non-hydrogen) atoms. The molecule has 0 N–H and O–H groups in total. The van der Waals surface area contributed by atoms with Gasteiger partial charge in [0.25, 0.3) is 0 Å². The third-order valence-electron chi connectivity index (χ3n) is 8.30. The zero-order valence-electron chi connectivity index (χ0n) is 23.7. The van der Waals surface area contributed by atoms with Crippen molar-refractivity contribution in [1.29, 1.82) is 5.26 Å². The highest BCUT2D eigenvalue weighted by atomic mass is 16.6. The highest BCUT2D eigenvalue weighted by molar-refractivity contribution is 5.96. The van der Waals surface area contributed by atoms with Crippen LogP contribution in [0.2, 0.25) is 0 Å². The van der Waals surface area contributed by atoms with Crippen molar-refractivity contribution in [2.24, 2.45) is 5.41 Å². The van der Waals surface area contributed by atoms with Crippen LogP contribution in [0.3, 0.4) is 0 Å². The van der Waals surface area contributed by atoms with E-state index in [-0.39, 0.29) is 23.7 Å². The number of ether oxygens (including phenoxy) is 3. The van der Waals surface area contributed by atoms with Crippen LogP contribution in [0.4, 0.5) is 10.5 Å². The summed E-state index contributed by atoms with van der Waals surface area (Å²) < 4.78 is 19.8. The lowest BCUT2D eigenvalue weighted by Gasteiger charge is -2.30. The van der Waals surface area contributed by atoms with E-state index >= 15 is 0 Å². The van der Waals surface area contributed by atoms with Gasteiger partial charge in [0, 0.05) is 43.1 Å². The Morgan fingerprint density at radius 1 is 1.10 bits per heavy atom. The van der Waals surface area contributed by atoms with E-state index < -0.39 is 0 Å². The predicted octanol–water partition coefficient (Wildman–Crippen LogP) is 7.47. The Morgan fingerprint density at radius 2 is 1.79 bits per heavy atom. The van der Waals surface area contributed by atoms with Crippen LogP contribution in [0.5, 0.6) is 5.75 Å². The second-order valence-corrected chi connectivity index (χ2v) is 11.9. The van der Waals surface area contributed by atoms with Crippen molar-refractivity contribution in [3.05, 3.63) is 48.0 Å². The van der Waals surface area contributed by atoms with Crippen LogP contribution in [-0.4, -0.2) is 43.1 Å². The van der Waals surface area contributed by atoms with Gasteiger partial charge in [0.2, 0.25) is 0 Å². The Balaban J connectivity index is 1.48. The molecule has 0 spiro atoms. The fourth-order valence-electron chi connectivity index (χ4n) is 5.13. The molecule has 1 aromatic heterocycles. The molecule has 2 fully saturated rings. The highest BCUT2D eigenvalue weighted by Crippen LogP contribution is 2.43. The van der Waals surface area contributed by atoms with Crippen molar-refractivity contribution in [3.8, 4) is 23.1 Å². The smallest absolute Gasteiger partial charge is 0.414 e. The number of benzene rings is 2. The molecule has 7 nitrogen and oxygen atoms in total. The van der Waals surface area contributed by atoms with Crippen LogP contribution in [0.25, 0.3) is 22.2 Å². The molecule has 7 heteroatoms. The number of nitrogens with zero attached hydrogens (tertiary/aromatic N) is 3. The van der Waals surface area contributed by atoms with Crippen molar-refractivity contribution in [2.75, 3.05) is 25.2 Å². The van der Waals surface area contributed by atoms with Crippen LogP contribution in [0.15, 0.2) is 42.5 Å². The second kappa shape index (κ2) is 10.9. The summed E-state index contributed by atoms with van der Waals surface area (Å²) in [4.78, 5) is 14.3. The minimum atomic E-state index is -0.386. The summed E-state index contributed by atoms with van der Waals surface area (Å²) in [5, 5.41) is 11.2. The van der Waals surface area contributed by atoms with Crippen molar-refractivity contribution >= 4 is 22.7 Å². The summed E-state index contributed by atoms with van der Waals surface area (Å²) in [7, 11) is 1.72. The van der Waals surface area contributed by atoms with Crippen LogP contribution in [0.1, 0.15) is 71.4 Å². The standard InChI is InChI=1S/C32H39N3O4/c1-21(32(2,3)4)38-31(36)34(5)23-11-9-22(10-12-23)30-28(20-33)27-14-13-26(39-25-15-17-37-18-16-25)19-29(27)35(30)24-7-6-8-24/h9-14,19,21,24-25H,6-8,15-18H2,1-5H3. The minimum Gasteiger partial charge on any atom is -0.490 e. The molecule has 2 aliphatic rings. The zero-order valence-corrected chi connectivity index (χ0v) is 23.7. The van der Waals surface area contributed by atoms with Gasteiger partial charge in [-0.15, -0.1) is 0 Å². The van der Waals surface area contributed by atoms with Gasteiger partial charge < -0.3 is 18.8 Å². The summed E-state index contributed by atoms with van der Waals surface area (Å²) >= 11 is 0. The van der Waals surface area contributed by atoms with E-state index in [2.05, 4.69) is 16.7 Å². The number of carbonyl (C=O) groups is 1. The van der Waals surface area contributed by atoms with E-state index in [1.54, 1.807) is 7.05 Å². The molecule has 0 bridgehead atoms. The van der Waals surface area contributed by atoms with E-state index in [1.807, 2.05) is 64.1 Å². The van der Waals surface area contributed by atoms with Crippen LogP contribution in [-0.2, 0) is 9.47 Å². The number of carbonyl (C=O) groups excluding carboxylic acids is 1. The number of rotatable bonds is 6. The molecule has 2 aromatic carbocycles. The fourth-order valence-corrected chi connectivity index (χ4v) is 5.13. The molecule has 1 aliphatic heterocycles. The summed E-state index contributed by atoms with van der Waals surface area (Å²) in [6.45, 7) is 9.52. The Bertz CT molecular complexity index is 1370. The van der Waals surface area contributed by atoms with E-state index in [0.717, 1.165) is 72.5 Å². The van der Waals surface area contributed by atoms with E-state index in [0.29, 0.717) is 11.6 Å². The van der Waals surface area contributed by atoms with Gasteiger partial charge in [-0.2, -0.15) is 5.26 Å². The molecule has 2 heterocycles. The molecular weight excluding hydrogens is 490 g/mol. The van der Waals surface area contributed by atoms with Gasteiger partial charge >= 0.3 is 6.09 Å². The number of hydrogen-bond acceptors (Lipinski definition) is 5. The number of anilines is 1. The number of amides is 1. The van der Waals surface area contributed by atoms with Crippen molar-refractivity contribution < 1.29 is 19.0 Å². The van der Waals surface area contributed by atoms with Crippen LogP contribution in [0, 0.1) is 16.7 Å². The fraction of sp³-hybridized carbons (Fsp3) is 0.500. The predicted molar refractivity (Wildman–Crippen MR) is 153 cm³/mol. The molecule has 1 unspecified atom stereocenters. The van der Waals surface area contributed by atoms with Gasteiger partial charge in [-0.1, -0.05) is 32.9 Å². The van der Waals surface area contributed by atoms with Crippen molar-refractivity contribution in [2.45, 2.75) is 78.0 Å². The number of hydrogen-bond donors (Lipinski definition) is 0. The van der Waals surface area contributed by atoms with Gasteiger partial charge in [0.05, 0.1) is 30.0 Å². The first-order valence-electron chi connectivity index (χ1n) is 14.0. The highest BCUT2D eigenvalue weighted by Gasteiger charge is 2.29. The van der Waals surface area contributed by atoms with Crippen molar-refractivity contribution in [1.82, 2.24) is 4.57 Å². The molecule has 1 atom stereocenters. The van der Waals surface area contributed by atoms with Gasteiger partial charge in [0.1, 0.15) is 24.0 Å². The molecule has 1 amide bonds. The summed E-state index contributed by atoms with van der Waals surface area (Å²) in [5.41, 5.74) is 4.19. The minimum absolute atomic E-state index is 0.140. The quantitative estimate of drug-likeness (QED) is 0.331. The Labute approximate surface area is 231 Å². The molecule has 1 saturated carbocycles. The lowest BCUT2D eigenvalue weighted by molar-refractivity contribution is 0.0256. The third-order valence-corrected chi connectivity index (χ3v) is 8.30. The summed E-state index contributed by atoms with van der Waals surface area (Å²) in [6.07, 6.45) is 4.69. The lowest BCUT2D eigenvalue weighted by atomic mass is 9.90. The number of fused-ring (bicyclic) bond motifs is 1. The Hall–Kier alpha value is -3.50. The normalized spacial score (nSPS) is 17.3. The molecular formula is C32H39N3O4. The Kier molecular flexibility index (Phi) is 7.59. The Morgan fingerprint density at radius 3 is 2.38 bits per heavy atom. The molecule has 0 radical (unpaired) electrons.